The Morgan fingerprint density at radius 1 is 1.14 bits per heavy atom. The van der Waals surface area contributed by atoms with Crippen molar-refractivity contribution in [2.24, 2.45) is 0 Å². The fraction of sp³-hybridized carbons (Fsp3) is 0.308. The first-order valence-electron chi connectivity index (χ1n) is 11.6. The molecular formula is C26H30N4O4S. The monoisotopic (exact) mass is 494 g/mol. The van der Waals surface area contributed by atoms with Gasteiger partial charge in [0.15, 0.2) is 0 Å². The smallest absolute Gasteiger partial charge is 0.339 e. The Bertz CT molecular complexity index is 1330. The molecule has 8 nitrogen and oxygen atoms in total. The summed E-state index contributed by atoms with van der Waals surface area (Å²) in [6.45, 7) is 8.06. The number of hydrogen-bond acceptors (Lipinski definition) is 6. The molecule has 0 amide bonds. The third kappa shape index (κ3) is 5.40. The average molecular weight is 495 g/mol. The number of carboxylic acid groups (broad SMARTS) is 1. The lowest BCUT2D eigenvalue weighted by Crippen LogP contribution is -2.52. The van der Waals surface area contributed by atoms with Crippen LogP contribution in [0.15, 0.2) is 65.7 Å². The van der Waals surface area contributed by atoms with Gasteiger partial charge < -0.3 is 14.9 Å². The van der Waals surface area contributed by atoms with Gasteiger partial charge in [-0.2, -0.15) is 0 Å². The van der Waals surface area contributed by atoms with E-state index in [4.69, 9.17) is 0 Å². The van der Waals surface area contributed by atoms with Gasteiger partial charge in [-0.05, 0) is 61.7 Å². The van der Waals surface area contributed by atoms with E-state index in [0.717, 1.165) is 17.7 Å². The molecule has 1 aliphatic rings. The van der Waals surface area contributed by atoms with Crippen molar-refractivity contribution in [3.05, 3.63) is 77.5 Å². The number of sulfonamides is 1. The molecule has 1 aromatic heterocycles. The fourth-order valence-electron chi connectivity index (χ4n) is 4.38. The molecule has 0 saturated carbocycles. The number of aromatic nitrogens is 1. The Labute approximate surface area is 206 Å². The van der Waals surface area contributed by atoms with Crippen molar-refractivity contribution in [2.45, 2.75) is 38.1 Å². The van der Waals surface area contributed by atoms with Crippen LogP contribution in [0.1, 0.15) is 35.3 Å². The molecule has 9 heteroatoms. The first-order valence-corrected chi connectivity index (χ1v) is 13.1. The maximum atomic E-state index is 12.8. The lowest BCUT2D eigenvalue weighted by atomic mass is 10.1. The predicted octanol–water partition coefficient (Wildman–Crippen LogP) is 4.17. The van der Waals surface area contributed by atoms with Crippen LogP contribution in [0.4, 0.5) is 17.2 Å². The summed E-state index contributed by atoms with van der Waals surface area (Å²) < 4.78 is 28.1. The minimum absolute atomic E-state index is 0.0391. The molecule has 0 radical (unpaired) electrons. The molecule has 4 rings (SSSR count). The van der Waals surface area contributed by atoms with Gasteiger partial charge in [0.2, 0.25) is 0 Å². The summed E-state index contributed by atoms with van der Waals surface area (Å²) in [7, 11) is -3.87. The van der Waals surface area contributed by atoms with Crippen molar-refractivity contribution in [3.8, 4) is 0 Å². The molecule has 1 atom stereocenters. The summed E-state index contributed by atoms with van der Waals surface area (Å²) in [5.41, 5.74) is 3.42. The van der Waals surface area contributed by atoms with Crippen LogP contribution in [0.3, 0.4) is 0 Å². The van der Waals surface area contributed by atoms with E-state index < -0.39 is 16.0 Å². The second kappa shape index (κ2) is 9.95. The number of nitrogens with zero attached hydrogens (tertiary/aromatic N) is 3. The minimum atomic E-state index is -3.87. The van der Waals surface area contributed by atoms with Crippen molar-refractivity contribution in [3.63, 3.8) is 0 Å². The summed E-state index contributed by atoms with van der Waals surface area (Å²) in [4.78, 5) is 20.8. The van der Waals surface area contributed by atoms with Gasteiger partial charge in [0.1, 0.15) is 11.4 Å². The maximum Gasteiger partial charge on any atom is 0.339 e. The standard InChI is InChI=1S/C26H30N4O4S/c1-4-20-8-10-23(11-9-20)35(33,34)28-21-15-24(26(31)32)25(27-16-21)29-12-13-30(19(3)17-29)22-7-5-6-18(2)14-22/h5-11,14-16,19,28H,4,12-13,17H2,1-3H3,(H,31,32)/t19-/m1/s1. The largest absolute Gasteiger partial charge is 0.478 e. The number of aromatic carboxylic acids is 1. The van der Waals surface area contributed by atoms with Crippen molar-refractivity contribution < 1.29 is 18.3 Å². The molecule has 2 heterocycles. The van der Waals surface area contributed by atoms with E-state index in [2.05, 4.69) is 46.7 Å². The van der Waals surface area contributed by atoms with Crippen LogP contribution >= 0.6 is 0 Å². The van der Waals surface area contributed by atoms with Crippen LogP contribution in [0.5, 0.6) is 0 Å². The summed E-state index contributed by atoms with van der Waals surface area (Å²) >= 11 is 0. The van der Waals surface area contributed by atoms with E-state index in [1.54, 1.807) is 12.1 Å². The summed E-state index contributed by atoms with van der Waals surface area (Å²) in [5, 5.41) is 9.87. The van der Waals surface area contributed by atoms with Gasteiger partial charge in [-0.3, -0.25) is 4.72 Å². The molecule has 0 aliphatic carbocycles. The second-order valence-corrected chi connectivity index (χ2v) is 10.5. The van der Waals surface area contributed by atoms with Gasteiger partial charge in [0.25, 0.3) is 10.0 Å². The minimum Gasteiger partial charge on any atom is -0.478 e. The number of piperazine rings is 1. The molecule has 0 spiro atoms. The van der Waals surface area contributed by atoms with E-state index in [9.17, 15) is 18.3 Å². The first kappa shape index (κ1) is 24.5. The number of nitrogens with one attached hydrogen (secondary N) is 1. The van der Waals surface area contributed by atoms with Crippen molar-refractivity contribution in [1.82, 2.24) is 4.98 Å². The van der Waals surface area contributed by atoms with E-state index in [0.29, 0.717) is 25.5 Å². The van der Waals surface area contributed by atoms with Gasteiger partial charge in [-0.15, -0.1) is 0 Å². The Balaban J connectivity index is 1.54. The molecule has 1 aliphatic heterocycles. The Hall–Kier alpha value is -3.59. The van der Waals surface area contributed by atoms with Crippen molar-refractivity contribution >= 4 is 33.2 Å². The van der Waals surface area contributed by atoms with Gasteiger partial charge in [-0.25, -0.2) is 18.2 Å². The highest BCUT2D eigenvalue weighted by Gasteiger charge is 2.28. The number of carbonyl (C=O) groups is 1. The van der Waals surface area contributed by atoms with Crippen molar-refractivity contribution in [2.75, 3.05) is 34.2 Å². The van der Waals surface area contributed by atoms with E-state index in [1.807, 2.05) is 17.9 Å². The van der Waals surface area contributed by atoms with E-state index in [-0.39, 0.29) is 22.2 Å². The number of carboxylic acids is 1. The van der Waals surface area contributed by atoms with E-state index in [1.165, 1.54) is 30.0 Å². The Kier molecular flexibility index (Phi) is 6.98. The molecule has 3 aromatic rings. The zero-order valence-electron chi connectivity index (χ0n) is 20.1. The van der Waals surface area contributed by atoms with Crippen LogP contribution in [0, 0.1) is 6.92 Å². The second-order valence-electron chi connectivity index (χ2n) is 8.83. The topological polar surface area (TPSA) is 103 Å². The summed E-state index contributed by atoms with van der Waals surface area (Å²) in [6.07, 6.45) is 2.18. The summed E-state index contributed by atoms with van der Waals surface area (Å²) in [5.74, 6) is -0.821. The molecule has 2 N–H and O–H groups in total. The lowest BCUT2D eigenvalue weighted by molar-refractivity contribution is 0.0697. The van der Waals surface area contributed by atoms with Gasteiger partial charge in [0.05, 0.1) is 16.8 Å². The Morgan fingerprint density at radius 3 is 2.51 bits per heavy atom. The average Bonchev–Trinajstić information content (AvgIpc) is 2.83. The zero-order chi connectivity index (χ0) is 25.2. The maximum absolute atomic E-state index is 12.8. The van der Waals surface area contributed by atoms with Gasteiger partial charge in [0, 0.05) is 31.4 Å². The fourth-order valence-corrected chi connectivity index (χ4v) is 5.42. The first-order chi connectivity index (χ1) is 16.7. The highest BCUT2D eigenvalue weighted by Crippen LogP contribution is 2.28. The number of rotatable bonds is 7. The molecule has 1 fully saturated rings. The molecule has 0 unspecified atom stereocenters. The zero-order valence-corrected chi connectivity index (χ0v) is 20.9. The molecule has 0 bridgehead atoms. The van der Waals surface area contributed by atoms with E-state index >= 15 is 0 Å². The van der Waals surface area contributed by atoms with Crippen LogP contribution in [0.25, 0.3) is 0 Å². The highest BCUT2D eigenvalue weighted by atomic mass is 32.2. The third-order valence-electron chi connectivity index (χ3n) is 6.25. The van der Waals surface area contributed by atoms with Crippen LogP contribution < -0.4 is 14.5 Å². The predicted molar refractivity (Wildman–Crippen MR) is 138 cm³/mol. The molecule has 1 saturated heterocycles. The summed E-state index contributed by atoms with van der Waals surface area (Å²) in [6, 6.07) is 16.4. The normalized spacial score (nSPS) is 16.3. The molecule has 184 valence electrons. The van der Waals surface area contributed by atoms with Gasteiger partial charge >= 0.3 is 5.97 Å². The third-order valence-corrected chi connectivity index (χ3v) is 7.65. The SMILES string of the molecule is CCc1ccc(S(=O)(=O)Nc2cnc(N3CCN(c4cccc(C)c4)[C@H](C)C3)c(C(=O)O)c2)cc1. The quantitative estimate of drug-likeness (QED) is 0.508. The highest BCUT2D eigenvalue weighted by molar-refractivity contribution is 7.92. The van der Waals surface area contributed by atoms with Gasteiger partial charge in [-0.1, -0.05) is 31.2 Å². The number of anilines is 3. The number of aryl methyl sites for hydroxylation is 2. The number of pyridine rings is 1. The van der Waals surface area contributed by atoms with Crippen LogP contribution in [-0.2, 0) is 16.4 Å². The van der Waals surface area contributed by atoms with Crippen molar-refractivity contribution in [1.29, 1.82) is 0 Å². The number of hydrogen-bond donors (Lipinski definition) is 2. The Morgan fingerprint density at radius 2 is 1.89 bits per heavy atom. The van der Waals surface area contributed by atoms with Crippen LogP contribution in [-0.4, -0.2) is 50.2 Å². The molecule has 2 aromatic carbocycles. The number of benzene rings is 2. The van der Waals surface area contributed by atoms with Crippen LogP contribution in [0.2, 0.25) is 0 Å². The molecular weight excluding hydrogens is 464 g/mol. The molecule has 35 heavy (non-hydrogen) atoms. The lowest BCUT2D eigenvalue weighted by Gasteiger charge is -2.42.